The number of carbonyl (C=O) groups is 2. The molecule has 0 spiro atoms. The molecule has 1 amide bonds. The maximum Gasteiger partial charge on any atom is 0.351 e. The second-order valence-corrected chi connectivity index (χ2v) is 6.60. The lowest BCUT2D eigenvalue weighted by Gasteiger charge is -2.08. The van der Waals surface area contributed by atoms with Gasteiger partial charge >= 0.3 is 5.97 Å². The van der Waals surface area contributed by atoms with Crippen LogP contribution in [0.4, 0.5) is 0 Å². The van der Waals surface area contributed by atoms with Gasteiger partial charge in [0.05, 0.1) is 27.8 Å². The number of methoxy groups -OCH3 is 1. The van der Waals surface area contributed by atoms with Crippen LogP contribution in [-0.2, 0) is 4.74 Å². The second-order valence-electron chi connectivity index (χ2n) is 5.17. The molecule has 1 aromatic heterocycles. The van der Waals surface area contributed by atoms with Crippen LogP contribution in [0.1, 0.15) is 33.9 Å². The third kappa shape index (κ3) is 3.03. The number of hydrogen-bond donors (Lipinski definition) is 2. The van der Waals surface area contributed by atoms with Gasteiger partial charge in [0.1, 0.15) is 5.75 Å². The molecule has 0 saturated heterocycles. The number of fused-ring (bicyclic) bond motifs is 1. The van der Waals surface area contributed by atoms with Gasteiger partial charge in [0.2, 0.25) is 0 Å². The summed E-state index contributed by atoms with van der Waals surface area (Å²) in [5.41, 5.74) is 0.371. The number of carbonyl (C=O) groups excluding carboxylic acids is 2. The number of esters is 1. The van der Waals surface area contributed by atoms with Crippen LogP contribution in [0.25, 0.3) is 10.1 Å². The Morgan fingerprint density at radius 3 is 2.68 bits per heavy atom. The van der Waals surface area contributed by atoms with Gasteiger partial charge in [0, 0.05) is 6.54 Å². The summed E-state index contributed by atoms with van der Waals surface area (Å²) in [6.07, 6.45) is 0. The molecule has 2 N–H and O–H groups in total. The van der Waals surface area contributed by atoms with E-state index in [4.69, 9.17) is 11.6 Å². The molecule has 7 heteroatoms. The molecule has 0 saturated carbocycles. The molecule has 1 heterocycles. The molecule has 0 radical (unpaired) electrons. The number of halogens is 1. The third-order valence-corrected chi connectivity index (χ3v) is 4.56. The molecule has 118 valence electrons. The van der Waals surface area contributed by atoms with Crippen LogP contribution in [0.3, 0.4) is 0 Å². The number of amides is 1. The first-order chi connectivity index (χ1) is 10.4. The molecule has 0 aliphatic heterocycles. The van der Waals surface area contributed by atoms with Crippen LogP contribution in [0.5, 0.6) is 5.75 Å². The van der Waals surface area contributed by atoms with Crippen molar-refractivity contribution >= 4 is 44.9 Å². The maximum absolute atomic E-state index is 12.3. The number of nitrogens with one attached hydrogen (secondary N) is 1. The van der Waals surface area contributed by atoms with Gasteiger partial charge in [-0.3, -0.25) is 4.79 Å². The van der Waals surface area contributed by atoms with Crippen molar-refractivity contribution in [3.63, 3.8) is 0 Å². The average Bonchev–Trinajstić information content (AvgIpc) is 2.83. The molecule has 0 bridgehead atoms. The predicted octanol–water partition coefficient (Wildman–Crippen LogP) is 3.43. The molecule has 2 rings (SSSR count). The molecule has 0 unspecified atom stereocenters. The zero-order valence-corrected chi connectivity index (χ0v) is 14.0. The summed E-state index contributed by atoms with van der Waals surface area (Å²) in [6, 6.07) is 3.11. The first kappa shape index (κ1) is 16.6. The Balaban J connectivity index is 2.55. The predicted molar refractivity (Wildman–Crippen MR) is 87.0 cm³/mol. The Labute approximate surface area is 136 Å². The Morgan fingerprint density at radius 2 is 2.09 bits per heavy atom. The van der Waals surface area contributed by atoms with E-state index in [-0.39, 0.29) is 21.6 Å². The molecule has 0 aliphatic carbocycles. The standard InChI is InChI=1S/C15H16ClNO4S/c1-7(2)6-17-14(19)8-4-5-9(16)10-11(18)13(15(20)21-3)22-12(8)10/h4-5,7,18H,6H2,1-3H3,(H,17,19). The number of thiophene rings is 1. The Hall–Kier alpha value is -1.79. The highest BCUT2D eigenvalue weighted by atomic mass is 35.5. The molecule has 0 fully saturated rings. The molecule has 0 atom stereocenters. The fourth-order valence-electron chi connectivity index (χ4n) is 1.95. The molecular weight excluding hydrogens is 326 g/mol. The lowest BCUT2D eigenvalue weighted by atomic mass is 10.1. The quantitative estimate of drug-likeness (QED) is 0.835. The van der Waals surface area contributed by atoms with Crippen molar-refractivity contribution in [3.05, 3.63) is 27.6 Å². The van der Waals surface area contributed by atoms with Crippen molar-refractivity contribution in [2.45, 2.75) is 13.8 Å². The van der Waals surface area contributed by atoms with E-state index in [0.29, 0.717) is 28.1 Å². The van der Waals surface area contributed by atoms with Crippen LogP contribution in [0.15, 0.2) is 12.1 Å². The fourth-order valence-corrected chi connectivity index (χ4v) is 3.40. The Morgan fingerprint density at radius 1 is 1.41 bits per heavy atom. The van der Waals surface area contributed by atoms with E-state index < -0.39 is 5.97 Å². The number of hydrogen-bond acceptors (Lipinski definition) is 5. The summed E-state index contributed by atoms with van der Waals surface area (Å²) >= 11 is 7.08. The zero-order valence-electron chi connectivity index (χ0n) is 12.4. The number of rotatable bonds is 4. The van der Waals surface area contributed by atoms with E-state index in [0.717, 1.165) is 11.3 Å². The second kappa shape index (κ2) is 6.54. The van der Waals surface area contributed by atoms with Gasteiger partial charge in [0.25, 0.3) is 5.91 Å². The van der Waals surface area contributed by atoms with E-state index in [1.165, 1.54) is 13.2 Å². The van der Waals surface area contributed by atoms with Gasteiger partial charge in [-0.25, -0.2) is 4.79 Å². The van der Waals surface area contributed by atoms with Gasteiger partial charge in [0.15, 0.2) is 4.88 Å². The average molecular weight is 342 g/mol. The molecular formula is C15H16ClNO4S. The van der Waals surface area contributed by atoms with Crippen LogP contribution in [0.2, 0.25) is 5.02 Å². The molecule has 22 heavy (non-hydrogen) atoms. The summed E-state index contributed by atoms with van der Waals surface area (Å²) in [4.78, 5) is 24.0. The highest BCUT2D eigenvalue weighted by Crippen LogP contribution is 2.42. The van der Waals surface area contributed by atoms with Crippen LogP contribution in [0, 0.1) is 5.92 Å². The molecule has 0 aliphatic rings. The van der Waals surface area contributed by atoms with Crippen molar-refractivity contribution in [1.82, 2.24) is 5.32 Å². The third-order valence-electron chi connectivity index (χ3n) is 3.05. The monoisotopic (exact) mass is 341 g/mol. The van der Waals surface area contributed by atoms with Gasteiger partial charge in [-0.15, -0.1) is 11.3 Å². The lowest BCUT2D eigenvalue weighted by Crippen LogP contribution is -2.27. The SMILES string of the molecule is COC(=O)c1sc2c(C(=O)NCC(C)C)ccc(Cl)c2c1O. The first-order valence-electron chi connectivity index (χ1n) is 6.67. The van der Waals surface area contributed by atoms with Gasteiger partial charge < -0.3 is 15.2 Å². The van der Waals surface area contributed by atoms with Gasteiger partial charge in [-0.1, -0.05) is 25.4 Å². The smallest absolute Gasteiger partial charge is 0.351 e. The van der Waals surface area contributed by atoms with Crippen molar-refractivity contribution < 1.29 is 19.4 Å². The van der Waals surface area contributed by atoms with E-state index in [2.05, 4.69) is 10.1 Å². The minimum Gasteiger partial charge on any atom is -0.505 e. The Kier molecular flexibility index (Phi) is 4.93. The minimum absolute atomic E-state index is 0.0310. The number of aromatic hydroxyl groups is 1. The zero-order chi connectivity index (χ0) is 16.4. The topological polar surface area (TPSA) is 75.6 Å². The Bertz CT molecular complexity index is 739. The summed E-state index contributed by atoms with van der Waals surface area (Å²) < 4.78 is 5.10. The summed E-state index contributed by atoms with van der Waals surface area (Å²) in [6.45, 7) is 4.51. The highest BCUT2D eigenvalue weighted by molar-refractivity contribution is 7.21. The molecule has 2 aromatic rings. The fraction of sp³-hybridized carbons (Fsp3) is 0.333. The highest BCUT2D eigenvalue weighted by Gasteiger charge is 2.24. The van der Waals surface area contributed by atoms with Crippen LogP contribution in [-0.4, -0.2) is 30.6 Å². The maximum atomic E-state index is 12.3. The van der Waals surface area contributed by atoms with Crippen LogP contribution < -0.4 is 5.32 Å². The lowest BCUT2D eigenvalue weighted by molar-refractivity contribution is 0.0603. The largest absolute Gasteiger partial charge is 0.505 e. The normalized spacial score (nSPS) is 11.0. The van der Waals surface area contributed by atoms with Crippen molar-refractivity contribution in [2.75, 3.05) is 13.7 Å². The van der Waals surface area contributed by atoms with Crippen molar-refractivity contribution in [2.24, 2.45) is 5.92 Å². The summed E-state index contributed by atoms with van der Waals surface area (Å²) in [5, 5.41) is 13.6. The summed E-state index contributed by atoms with van der Waals surface area (Å²) in [7, 11) is 1.23. The van der Waals surface area contributed by atoms with Crippen LogP contribution >= 0.6 is 22.9 Å². The van der Waals surface area contributed by atoms with E-state index >= 15 is 0 Å². The van der Waals surface area contributed by atoms with Crippen molar-refractivity contribution in [1.29, 1.82) is 0 Å². The number of ether oxygens (including phenoxy) is 1. The molecule has 1 aromatic carbocycles. The first-order valence-corrected chi connectivity index (χ1v) is 7.86. The van der Waals surface area contributed by atoms with Gasteiger partial charge in [-0.05, 0) is 18.1 Å². The molecule has 5 nitrogen and oxygen atoms in total. The van der Waals surface area contributed by atoms with E-state index in [1.807, 2.05) is 13.8 Å². The number of benzene rings is 1. The van der Waals surface area contributed by atoms with Crippen molar-refractivity contribution in [3.8, 4) is 5.75 Å². The van der Waals surface area contributed by atoms with Gasteiger partial charge in [-0.2, -0.15) is 0 Å². The van der Waals surface area contributed by atoms with E-state index in [9.17, 15) is 14.7 Å². The van der Waals surface area contributed by atoms with E-state index in [1.54, 1.807) is 6.07 Å². The minimum atomic E-state index is -0.664. The summed E-state index contributed by atoms with van der Waals surface area (Å²) in [5.74, 6) is -0.874.